The number of likely N-dealkylation sites (N-methyl/N-ethyl adjacent to an activating group) is 1. The zero-order valence-electron chi connectivity index (χ0n) is 31.1. The van der Waals surface area contributed by atoms with Gasteiger partial charge in [0.25, 0.3) is 0 Å². The summed E-state index contributed by atoms with van der Waals surface area (Å²) in [5.41, 5.74) is 6.39. The summed E-state index contributed by atoms with van der Waals surface area (Å²) < 4.78 is 30.9. The predicted octanol–water partition coefficient (Wildman–Crippen LogP) is 3.67. The van der Waals surface area contributed by atoms with E-state index < -0.39 is 71.5 Å². The third-order valence-corrected chi connectivity index (χ3v) is 10.7. The number of amides is 1. The Labute approximate surface area is 291 Å². The second kappa shape index (κ2) is 17.6. The molecule has 3 fully saturated rings. The van der Waals surface area contributed by atoms with Crippen molar-refractivity contribution in [1.29, 1.82) is 0 Å². The van der Waals surface area contributed by atoms with Gasteiger partial charge in [0, 0.05) is 43.6 Å². The van der Waals surface area contributed by atoms with E-state index in [-0.39, 0.29) is 18.1 Å². The molecule has 3 saturated heterocycles. The first kappa shape index (κ1) is 40.9. The zero-order chi connectivity index (χ0) is 36.7. The van der Waals surface area contributed by atoms with Crippen molar-refractivity contribution in [3.63, 3.8) is 0 Å². The van der Waals surface area contributed by atoms with Gasteiger partial charge >= 0.3 is 12.1 Å². The standard InChI is InChI=1S/C34H60N6O9/c1-11-26-34(7)25(40(32(44)49-34)15-13-12-14-37-38-35)19-36-18-20(2)17-33(6,45-10)29(22(4)27(41)23(5)30(43)47-26)48-31-28(42)24(39(8)9)16-21(3)46-31/h20-26,28-29,31,36,42H,11-19H2,1-10H3/t20-,21-,22+,23-,24?,25-,26-,28-,29-,31+,33-,34+/m1/s1. The van der Waals surface area contributed by atoms with Gasteiger partial charge in [-0.05, 0) is 91.9 Å². The summed E-state index contributed by atoms with van der Waals surface area (Å²) in [6.07, 6.45) is -1.82. The lowest BCUT2D eigenvalue weighted by Crippen LogP contribution is -2.59. The topological polar surface area (TPSA) is 185 Å². The van der Waals surface area contributed by atoms with Crippen LogP contribution in [0, 0.1) is 17.8 Å². The maximum atomic E-state index is 14.2. The van der Waals surface area contributed by atoms with Crippen molar-refractivity contribution in [2.24, 2.45) is 22.9 Å². The largest absolute Gasteiger partial charge is 0.458 e. The molecule has 0 aromatic rings. The van der Waals surface area contributed by atoms with Crippen LogP contribution in [0.1, 0.15) is 80.6 Å². The van der Waals surface area contributed by atoms with Gasteiger partial charge in [0.2, 0.25) is 0 Å². The Balaban J connectivity index is 1.98. The van der Waals surface area contributed by atoms with Crippen LogP contribution in [0.3, 0.4) is 0 Å². The summed E-state index contributed by atoms with van der Waals surface area (Å²) in [4.78, 5) is 47.6. The highest BCUT2D eigenvalue weighted by Gasteiger charge is 2.57. The van der Waals surface area contributed by atoms with E-state index in [1.165, 1.54) is 6.92 Å². The molecule has 0 aliphatic carbocycles. The normalized spacial score (nSPS) is 39.8. The van der Waals surface area contributed by atoms with Gasteiger partial charge in [0.1, 0.15) is 18.1 Å². The number of ketones is 1. The van der Waals surface area contributed by atoms with Gasteiger partial charge in [-0.15, -0.1) is 0 Å². The van der Waals surface area contributed by atoms with Gasteiger partial charge < -0.3 is 39.0 Å². The van der Waals surface area contributed by atoms with E-state index in [4.69, 9.17) is 29.2 Å². The van der Waals surface area contributed by atoms with Crippen LogP contribution in [0.2, 0.25) is 0 Å². The number of cyclic esters (lactones) is 1. The fraction of sp³-hybridized carbons (Fsp3) is 0.912. The molecule has 3 heterocycles. The van der Waals surface area contributed by atoms with E-state index in [0.29, 0.717) is 58.3 Å². The molecule has 0 bridgehead atoms. The van der Waals surface area contributed by atoms with Crippen LogP contribution in [-0.4, -0.2) is 134 Å². The Morgan fingerprint density at radius 2 is 1.84 bits per heavy atom. The van der Waals surface area contributed by atoms with Gasteiger partial charge in [-0.1, -0.05) is 25.9 Å². The van der Waals surface area contributed by atoms with Crippen LogP contribution < -0.4 is 5.32 Å². The van der Waals surface area contributed by atoms with E-state index in [2.05, 4.69) is 22.3 Å². The molecule has 0 aromatic carbocycles. The molecule has 3 rings (SSSR count). The number of rotatable bonds is 10. The maximum Gasteiger partial charge on any atom is 0.410 e. The number of methoxy groups -OCH3 is 1. The molecule has 49 heavy (non-hydrogen) atoms. The number of azide groups is 1. The number of nitrogens with one attached hydrogen (secondary N) is 1. The second-order valence-corrected chi connectivity index (χ2v) is 14.8. The van der Waals surface area contributed by atoms with Gasteiger partial charge in [-0.3, -0.25) is 14.5 Å². The molecule has 0 saturated carbocycles. The molecule has 2 N–H and O–H groups in total. The van der Waals surface area contributed by atoms with Crippen LogP contribution in [0.5, 0.6) is 0 Å². The van der Waals surface area contributed by atoms with Crippen molar-refractivity contribution >= 4 is 17.8 Å². The predicted molar refractivity (Wildman–Crippen MR) is 182 cm³/mol. The first-order chi connectivity index (χ1) is 23.0. The number of carbonyl (C=O) groups is 3. The number of ether oxygens (including phenoxy) is 5. The third-order valence-electron chi connectivity index (χ3n) is 10.7. The quantitative estimate of drug-likeness (QED) is 0.0848. The number of fused-ring (bicyclic) bond motifs is 1. The van der Waals surface area contributed by atoms with E-state index in [9.17, 15) is 19.5 Å². The van der Waals surface area contributed by atoms with Crippen molar-refractivity contribution < 1.29 is 43.2 Å². The molecule has 0 spiro atoms. The van der Waals surface area contributed by atoms with Gasteiger partial charge in [-0.2, -0.15) is 0 Å². The highest BCUT2D eigenvalue weighted by atomic mass is 16.7. The summed E-state index contributed by atoms with van der Waals surface area (Å²) in [5, 5.41) is 18.4. The number of carbonyl (C=O) groups excluding carboxylic acids is 3. The first-order valence-corrected chi connectivity index (χ1v) is 17.7. The molecule has 3 aliphatic rings. The van der Waals surface area contributed by atoms with Gasteiger partial charge in [0.15, 0.2) is 17.7 Å². The smallest absolute Gasteiger partial charge is 0.410 e. The number of unbranched alkanes of at least 4 members (excludes halogenated alkanes) is 1. The van der Waals surface area contributed by atoms with Crippen molar-refractivity contribution in [2.45, 2.75) is 135 Å². The van der Waals surface area contributed by atoms with Crippen LogP contribution in [-0.2, 0) is 33.3 Å². The Morgan fingerprint density at radius 1 is 1.14 bits per heavy atom. The lowest BCUT2D eigenvalue weighted by molar-refractivity contribution is -0.295. The Kier molecular flexibility index (Phi) is 14.7. The number of nitrogens with zero attached hydrogens (tertiary/aromatic N) is 5. The number of aliphatic hydroxyl groups excluding tert-OH is 1. The fourth-order valence-electron chi connectivity index (χ4n) is 7.74. The average molecular weight is 697 g/mol. The van der Waals surface area contributed by atoms with E-state index >= 15 is 0 Å². The second-order valence-electron chi connectivity index (χ2n) is 14.8. The highest BCUT2D eigenvalue weighted by molar-refractivity contribution is 6.00. The van der Waals surface area contributed by atoms with Crippen molar-refractivity contribution in [2.75, 3.05) is 47.4 Å². The number of hydrogen-bond acceptors (Lipinski definition) is 12. The summed E-state index contributed by atoms with van der Waals surface area (Å²) in [5.74, 6) is -3.14. The molecule has 12 atom stereocenters. The number of esters is 1. The third kappa shape index (κ3) is 9.43. The summed E-state index contributed by atoms with van der Waals surface area (Å²) >= 11 is 0. The zero-order valence-corrected chi connectivity index (χ0v) is 31.1. The number of Topliss-reactive ketones (excluding diaryl/α,β-unsaturated/α-hetero) is 1. The monoisotopic (exact) mass is 696 g/mol. The van der Waals surface area contributed by atoms with Crippen molar-refractivity contribution in [1.82, 2.24) is 15.1 Å². The molecule has 3 aliphatic heterocycles. The van der Waals surface area contributed by atoms with Crippen LogP contribution in [0.4, 0.5) is 4.79 Å². The summed E-state index contributed by atoms with van der Waals surface area (Å²) in [6.45, 7) is 14.3. The SMILES string of the molecule is CC[C@H]1OC(=O)[C@H](C)C(=O)[C@H](C)[C@@H](O[C@@H]2O[C@H](C)CC(N(C)C)[C@H]2O)[C@](C)(OC)C[C@@H](C)CNC[C@H]2N(CCCCN=[N+]=[N-])C(=O)O[C@]12C. The first-order valence-electron chi connectivity index (χ1n) is 17.7. The minimum absolute atomic E-state index is 0.00738. The number of aliphatic hydroxyl groups is 1. The molecular formula is C34H60N6O9. The van der Waals surface area contributed by atoms with Gasteiger partial charge in [0.05, 0.1) is 23.9 Å². The average Bonchev–Trinajstić information content (AvgIpc) is 3.30. The Hall–Kier alpha value is -2.52. The molecule has 1 amide bonds. The number of hydrogen-bond donors (Lipinski definition) is 2. The molecule has 0 aromatic heterocycles. The maximum absolute atomic E-state index is 14.2. The molecule has 280 valence electrons. The lowest BCUT2D eigenvalue weighted by Gasteiger charge is -2.46. The highest BCUT2D eigenvalue weighted by Crippen LogP contribution is 2.39. The van der Waals surface area contributed by atoms with E-state index in [0.717, 1.165) is 0 Å². The molecule has 15 nitrogen and oxygen atoms in total. The van der Waals surface area contributed by atoms with Crippen molar-refractivity contribution in [3.05, 3.63) is 10.4 Å². The van der Waals surface area contributed by atoms with Crippen LogP contribution in [0.25, 0.3) is 10.4 Å². The fourth-order valence-corrected chi connectivity index (χ4v) is 7.74. The molecule has 0 radical (unpaired) electrons. The van der Waals surface area contributed by atoms with Crippen LogP contribution in [0.15, 0.2) is 5.11 Å². The minimum atomic E-state index is -1.20. The summed E-state index contributed by atoms with van der Waals surface area (Å²) in [7, 11) is 5.36. The van der Waals surface area contributed by atoms with Gasteiger partial charge in [-0.25, -0.2) is 4.79 Å². The van der Waals surface area contributed by atoms with Crippen molar-refractivity contribution in [3.8, 4) is 0 Å². The van der Waals surface area contributed by atoms with E-state index in [1.54, 1.807) is 25.9 Å². The minimum Gasteiger partial charge on any atom is -0.458 e. The Bertz CT molecular complexity index is 1190. The Morgan fingerprint density at radius 3 is 2.45 bits per heavy atom. The lowest BCUT2D eigenvalue weighted by atomic mass is 9.78. The summed E-state index contributed by atoms with van der Waals surface area (Å²) in [6, 6.07) is -0.708. The molecular weight excluding hydrogens is 636 g/mol. The molecule has 15 heteroatoms. The van der Waals surface area contributed by atoms with E-state index in [1.807, 2.05) is 39.8 Å². The van der Waals surface area contributed by atoms with Crippen LogP contribution >= 0.6 is 0 Å². The molecule has 1 unspecified atom stereocenters.